The normalized spacial score (nSPS) is 14.0. The molecule has 0 saturated heterocycles. The van der Waals surface area contributed by atoms with Crippen LogP contribution in [0.1, 0.15) is 252 Å². The number of aliphatic hydroxyl groups is 1. The van der Waals surface area contributed by atoms with Gasteiger partial charge >= 0.3 is 25.7 Å². The molecule has 0 aliphatic carbocycles. The van der Waals surface area contributed by atoms with Gasteiger partial charge in [-0.25, -0.2) is 4.57 Å². The van der Waals surface area contributed by atoms with Crippen molar-refractivity contribution in [3.63, 3.8) is 0 Å². The zero-order valence-electron chi connectivity index (χ0n) is 47.0. The summed E-state index contributed by atoms with van der Waals surface area (Å²) in [5.74, 6) is -1.51. The lowest BCUT2D eigenvalue weighted by Crippen LogP contribution is -2.30. The summed E-state index contributed by atoms with van der Waals surface area (Å²) in [6, 6.07) is 0. The summed E-state index contributed by atoms with van der Waals surface area (Å²) < 4.78 is 39.5. The molecule has 0 aromatic heterocycles. The molecule has 0 aromatic carbocycles. The van der Waals surface area contributed by atoms with E-state index >= 15 is 0 Å². The Morgan fingerprint density at radius 2 is 0.703 bits per heavy atom. The topological polar surface area (TPSA) is 155 Å². The first-order valence-electron chi connectivity index (χ1n) is 29.5. The number of phosphoric acid groups is 1. The molecule has 0 fully saturated rings. The van der Waals surface area contributed by atoms with Crippen LogP contribution in [0.25, 0.3) is 0 Å². The Kier molecular flexibility index (Phi) is 53.4. The van der Waals surface area contributed by atoms with Gasteiger partial charge in [0.2, 0.25) is 0 Å². The van der Waals surface area contributed by atoms with Gasteiger partial charge in [-0.05, 0) is 89.9 Å². The molecule has 0 bridgehead atoms. The van der Waals surface area contributed by atoms with Crippen molar-refractivity contribution in [2.24, 2.45) is 0 Å². The Hall–Kier alpha value is -3.34. The van der Waals surface area contributed by atoms with Gasteiger partial charge in [0.15, 0.2) is 6.10 Å². The molecular weight excluding hydrogens is 952 g/mol. The largest absolute Gasteiger partial charge is 0.472 e. The van der Waals surface area contributed by atoms with Crippen molar-refractivity contribution in [1.29, 1.82) is 0 Å². The van der Waals surface area contributed by atoms with Crippen molar-refractivity contribution in [2.75, 3.05) is 26.4 Å². The molecular formula is C62H107O11P. The third-order valence-electron chi connectivity index (χ3n) is 12.3. The first-order chi connectivity index (χ1) is 36.2. The van der Waals surface area contributed by atoms with Gasteiger partial charge in [-0.1, -0.05) is 228 Å². The predicted molar refractivity (Wildman–Crippen MR) is 307 cm³/mol. The summed E-state index contributed by atoms with van der Waals surface area (Å²) in [6.07, 6.45) is 64.0. The summed E-state index contributed by atoms with van der Waals surface area (Å²) >= 11 is 0. The van der Waals surface area contributed by atoms with E-state index < -0.39 is 57.8 Å². The van der Waals surface area contributed by atoms with Crippen LogP contribution in [0.2, 0.25) is 0 Å². The van der Waals surface area contributed by atoms with Crippen LogP contribution in [0.15, 0.2) is 85.1 Å². The molecule has 426 valence electrons. The number of allylic oxidation sites excluding steroid dienone is 14. The fourth-order valence-electron chi connectivity index (χ4n) is 7.89. The molecule has 0 aliphatic heterocycles. The summed E-state index contributed by atoms with van der Waals surface area (Å²) in [4.78, 5) is 48.6. The van der Waals surface area contributed by atoms with Gasteiger partial charge in [0, 0.05) is 19.3 Å². The Balaban J connectivity index is 4.77. The van der Waals surface area contributed by atoms with Gasteiger partial charge < -0.3 is 24.2 Å². The van der Waals surface area contributed by atoms with E-state index in [-0.39, 0.29) is 25.9 Å². The molecule has 0 saturated carbocycles. The molecule has 0 heterocycles. The van der Waals surface area contributed by atoms with Gasteiger partial charge in [0.1, 0.15) is 12.7 Å². The van der Waals surface area contributed by atoms with E-state index in [0.29, 0.717) is 19.3 Å². The third kappa shape index (κ3) is 53.5. The molecule has 74 heavy (non-hydrogen) atoms. The van der Waals surface area contributed by atoms with Crippen LogP contribution in [-0.2, 0) is 42.2 Å². The standard InChI is InChI=1S/C62H107O11P/c1-4-7-10-13-16-19-22-25-27-28-29-30-32-35-38-41-44-47-50-53-62(66)73-59(55-69-60(64)51-48-45-42-39-36-34-31-26-23-20-17-14-11-8-5-2)57-71-74(67,68)70-56-58(54-63)72-61(65)52-49-46-43-40-37-33-24-21-18-15-12-9-6-3/h7,9-10,12,16,18-19,21,25,27,29-30,33,37,58-59,63H,4-6,8,11,13-15,17,20,22-24,26,28,31-32,34-36,38-57H2,1-3H3,(H,67,68)/b10-7-,12-9-,19-16-,21-18-,27-25-,30-29-,37-33-. The number of hydrogen-bond donors (Lipinski definition) is 2. The summed E-state index contributed by atoms with van der Waals surface area (Å²) in [7, 11) is -4.76. The smallest absolute Gasteiger partial charge is 0.462 e. The number of phosphoric ester groups is 1. The minimum Gasteiger partial charge on any atom is -0.462 e. The molecule has 0 amide bonds. The van der Waals surface area contributed by atoms with Gasteiger partial charge in [-0.2, -0.15) is 0 Å². The molecule has 0 radical (unpaired) electrons. The molecule has 12 heteroatoms. The first-order valence-corrected chi connectivity index (χ1v) is 31.0. The van der Waals surface area contributed by atoms with Gasteiger partial charge in [0.25, 0.3) is 0 Å². The fourth-order valence-corrected chi connectivity index (χ4v) is 8.68. The maximum atomic E-state index is 12.9. The van der Waals surface area contributed by atoms with Crippen molar-refractivity contribution in [3.8, 4) is 0 Å². The quantitative estimate of drug-likeness (QED) is 0.0197. The Bertz CT molecular complexity index is 1560. The van der Waals surface area contributed by atoms with E-state index in [0.717, 1.165) is 122 Å². The average Bonchev–Trinajstić information content (AvgIpc) is 3.39. The molecule has 0 aliphatic rings. The highest BCUT2D eigenvalue weighted by atomic mass is 31.2. The Morgan fingerprint density at radius 1 is 0.392 bits per heavy atom. The first kappa shape index (κ1) is 70.7. The van der Waals surface area contributed by atoms with E-state index in [2.05, 4.69) is 106 Å². The lowest BCUT2D eigenvalue weighted by molar-refractivity contribution is -0.161. The molecule has 0 rings (SSSR count). The molecule has 0 aromatic rings. The lowest BCUT2D eigenvalue weighted by Gasteiger charge is -2.21. The van der Waals surface area contributed by atoms with Crippen LogP contribution in [0.4, 0.5) is 0 Å². The zero-order valence-corrected chi connectivity index (χ0v) is 47.9. The molecule has 3 unspecified atom stereocenters. The van der Waals surface area contributed by atoms with Crippen LogP contribution in [0.3, 0.4) is 0 Å². The van der Waals surface area contributed by atoms with Crippen LogP contribution < -0.4 is 0 Å². The second-order valence-corrected chi connectivity index (χ2v) is 20.9. The predicted octanol–water partition coefficient (Wildman–Crippen LogP) is 17.5. The molecule has 11 nitrogen and oxygen atoms in total. The van der Waals surface area contributed by atoms with Gasteiger partial charge in [0.05, 0.1) is 19.8 Å². The van der Waals surface area contributed by atoms with E-state index in [4.69, 9.17) is 23.3 Å². The van der Waals surface area contributed by atoms with Gasteiger partial charge in [-0.15, -0.1) is 0 Å². The second kappa shape index (κ2) is 55.9. The number of ether oxygens (including phenoxy) is 3. The number of aliphatic hydroxyl groups excluding tert-OH is 1. The fraction of sp³-hybridized carbons (Fsp3) is 0.726. The summed E-state index contributed by atoms with van der Waals surface area (Å²) in [6.45, 7) is 4.38. The van der Waals surface area contributed by atoms with Crippen molar-refractivity contribution >= 4 is 25.7 Å². The van der Waals surface area contributed by atoms with E-state index in [1.807, 2.05) is 0 Å². The minimum atomic E-state index is -4.76. The summed E-state index contributed by atoms with van der Waals surface area (Å²) in [5.41, 5.74) is 0. The van der Waals surface area contributed by atoms with Crippen molar-refractivity contribution in [1.82, 2.24) is 0 Å². The number of rotatable bonds is 54. The SMILES string of the molecule is CC/C=C\C/C=C\C/C=C\C/C=C\CCCCCCCCC(=O)OC(COC(=O)CCCCCCCCCCCCCCCCC)COP(=O)(O)OCC(CO)OC(=O)CCCCC/C=C\C/C=C\C/C=C\CC. The lowest BCUT2D eigenvalue weighted by atomic mass is 10.0. The maximum absolute atomic E-state index is 12.9. The van der Waals surface area contributed by atoms with Crippen molar-refractivity contribution < 1.29 is 52.2 Å². The van der Waals surface area contributed by atoms with E-state index in [1.165, 1.54) is 70.6 Å². The monoisotopic (exact) mass is 1060 g/mol. The highest BCUT2D eigenvalue weighted by molar-refractivity contribution is 7.47. The molecule has 2 N–H and O–H groups in total. The highest BCUT2D eigenvalue weighted by Crippen LogP contribution is 2.43. The average molecular weight is 1060 g/mol. The van der Waals surface area contributed by atoms with E-state index in [9.17, 15) is 28.9 Å². The summed E-state index contributed by atoms with van der Waals surface area (Å²) in [5, 5.41) is 9.80. The maximum Gasteiger partial charge on any atom is 0.472 e. The van der Waals surface area contributed by atoms with Crippen LogP contribution in [0.5, 0.6) is 0 Å². The number of unbranched alkanes of at least 4 members (excludes halogenated alkanes) is 23. The Labute approximate surface area is 451 Å². The highest BCUT2D eigenvalue weighted by Gasteiger charge is 2.28. The Morgan fingerprint density at radius 3 is 1.09 bits per heavy atom. The van der Waals surface area contributed by atoms with Gasteiger partial charge in [-0.3, -0.25) is 23.4 Å². The molecule has 3 atom stereocenters. The zero-order chi connectivity index (χ0) is 54.1. The number of carbonyl (C=O) groups is 3. The second-order valence-electron chi connectivity index (χ2n) is 19.4. The van der Waals surface area contributed by atoms with Crippen molar-refractivity contribution in [2.45, 2.75) is 264 Å². The van der Waals surface area contributed by atoms with Crippen LogP contribution in [-0.4, -0.2) is 66.5 Å². The van der Waals surface area contributed by atoms with Crippen LogP contribution in [0, 0.1) is 0 Å². The number of esters is 3. The minimum absolute atomic E-state index is 0.139. The number of carbonyl (C=O) groups excluding carboxylic acids is 3. The van der Waals surface area contributed by atoms with Crippen LogP contribution >= 0.6 is 7.82 Å². The molecule has 0 spiro atoms. The van der Waals surface area contributed by atoms with E-state index in [1.54, 1.807) is 0 Å². The van der Waals surface area contributed by atoms with Crippen molar-refractivity contribution in [3.05, 3.63) is 85.1 Å². The third-order valence-corrected chi connectivity index (χ3v) is 13.3. The number of hydrogen-bond acceptors (Lipinski definition) is 10.